The number of anilines is 1. The molecule has 0 saturated heterocycles. The van der Waals surface area contributed by atoms with Gasteiger partial charge in [0, 0.05) is 32.5 Å². The second-order valence-corrected chi connectivity index (χ2v) is 3.88. The van der Waals surface area contributed by atoms with Crippen LogP contribution >= 0.6 is 0 Å². The van der Waals surface area contributed by atoms with E-state index in [-0.39, 0.29) is 11.6 Å². The second kappa shape index (κ2) is 5.30. The van der Waals surface area contributed by atoms with Gasteiger partial charge in [-0.1, -0.05) is 5.21 Å². The number of nitrogens with one attached hydrogen (secondary N) is 1. The minimum absolute atomic E-state index is 0.258. The Balaban J connectivity index is 1.77. The van der Waals surface area contributed by atoms with Crippen LogP contribution in [0, 0.1) is 0 Å². The lowest BCUT2D eigenvalue weighted by Gasteiger charge is -2.03. The van der Waals surface area contributed by atoms with Crippen LogP contribution in [-0.4, -0.2) is 37.2 Å². The summed E-state index contributed by atoms with van der Waals surface area (Å²) < 4.78 is 3.22. The van der Waals surface area contributed by atoms with Gasteiger partial charge in [0.25, 0.3) is 5.91 Å². The lowest BCUT2D eigenvalue weighted by atomic mass is 10.3. The zero-order valence-corrected chi connectivity index (χ0v) is 10.1. The molecule has 2 aromatic heterocycles. The van der Waals surface area contributed by atoms with E-state index in [1.807, 2.05) is 0 Å². The van der Waals surface area contributed by atoms with E-state index in [9.17, 15) is 4.79 Å². The Bertz CT molecular complexity index is 516. The SMILES string of the molecule is Cn1cc(N)c(C(=O)NCCCn2ccnn2)n1. The van der Waals surface area contributed by atoms with E-state index >= 15 is 0 Å². The van der Waals surface area contributed by atoms with Gasteiger partial charge >= 0.3 is 0 Å². The Hall–Kier alpha value is -2.38. The molecule has 0 bridgehead atoms. The van der Waals surface area contributed by atoms with Crippen molar-refractivity contribution in [3.05, 3.63) is 24.3 Å². The van der Waals surface area contributed by atoms with Gasteiger partial charge in [-0.05, 0) is 6.42 Å². The topological polar surface area (TPSA) is 104 Å². The number of nitrogens with zero attached hydrogens (tertiary/aromatic N) is 5. The maximum Gasteiger partial charge on any atom is 0.273 e. The van der Waals surface area contributed by atoms with Gasteiger partial charge in [-0.15, -0.1) is 5.10 Å². The Morgan fingerprint density at radius 3 is 3.00 bits per heavy atom. The number of nitrogens with two attached hydrogens (primary N) is 1. The molecular formula is C10H15N7O. The molecule has 3 N–H and O–H groups in total. The minimum atomic E-state index is -0.258. The maximum atomic E-state index is 11.7. The van der Waals surface area contributed by atoms with E-state index in [1.165, 1.54) is 4.68 Å². The predicted molar refractivity (Wildman–Crippen MR) is 64.6 cm³/mol. The Labute approximate surface area is 104 Å². The molecule has 2 aromatic rings. The van der Waals surface area contributed by atoms with Crippen LogP contribution in [-0.2, 0) is 13.6 Å². The lowest BCUT2D eigenvalue weighted by Crippen LogP contribution is -2.26. The first-order chi connectivity index (χ1) is 8.66. The summed E-state index contributed by atoms with van der Waals surface area (Å²) in [4.78, 5) is 11.7. The number of aryl methyl sites for hydroxylation is 2. The Kier molecular flexibility index (Phi) is 3.56. The first kappa shape index (κ1) is 12.1. The summed E-state index contributed by atoms with van der Waals surface area (Å²) in [5.74, 6) is -0.258. The zero-order chi connectivity index (χ0) is 13.0. The molecule has 1 amide bonds. The van der Waals surface area contributed by atoms with Crippen LogP contribution in [0.5, 0.6) is 0 Å². The predicted octanol–water partition coefficient (Wildman–Crippen LogP) is -0.586. The summed E-state index contributed by atoms with van der Waals surface area (Å²) >= 11 is 0. The molecule has 2 heterocycles. The summed E-state index contributed by atoms with van der Waals surface area (Å²) in [5.41, 5.74) is 6.30. The summed E-state index contributed by atoms with van der Waals surface area (Å²) in [6, 6.07) is 0. The second-order valence-electron chi connectivity index (χ2n) is 3.88. The number of rotatable bonds is 5. The summed E-state index contributed by atoms with van der Waals surface area (Å²) in [5, 5.41) is 14.3. The molecule has 0 aliphatic rings. The third-order valence-electron chi connectivity index (χ3n) is 2.39. The highest BCUT2D eigenvalue weighted by atomic mass is 16.1. The monoisotopic (exact) mass is 249 g/mol. The highest BCUT2D eigenvalue weighted by Gasteiger charge is 2.12. The number of hydrogen-bond donors (Lipinski definition) is 2. The molecule has 0 aromatic carbocycles. The summed E-state index contributed by atoms with van der Waals surface area (Å²) in [6.07, 6.45) is 5.76. The van der Waals surface area contributed by atoms with Crippen LogP contribution < -0.4 is 11.1 Å². The van der Waals surface area contributed by atoms with Gasteiger partial charge in [-0.25, -0.2) is 0 Å². The number of aromatic nitrogens is 5. The lowest BCUT2D eigenvalue weighted by molar-refractivity contribution is 0.0947. The van der Waals surface area contributed by atoms with Crippen molar-refractivity contribution in [3.63, 3.8) is 0 Å². The number of nitrogen functional groups attached to an aromatic ring is 1. The van der Waals surface area contributed by atoms with Crippen molar-refractivity contribution in [1.82, 2.24) is 30.1 Å². The molecule has 0 fully saturated rings. The Morgan fingerprint density at radius 2 is 2.39 bits per heavy atom. The molecule has 8 heteroatoms. The zero-order valence-electron chi connectivity index (χ0n) is 10.1. The van der Waals surface area contributed by atoms with Gasteiger partial charge in [0.05, 0.1) is 11.9 Å². The molecule has 0 aliphatic carbocycles. The molecule has 0 unspecified atom stereocenters. The fourth-order valence-corrected chi connectivity index (χ4v) is 1.56. The quantitative estimate of drug-likeness (QED) is 0.689. The van der Waals surface area contributed by atoms with E-state index in [2.05, 4.69) is 20.7 Å². The maximum absolute atomic E-state index is 11.7. The highest BCUT2D eigenvalue weighted by molar-refractivity contribution is 5.96. The third-order valence-corrected chi connectivity index (χ3v) is 2.39. The van der Waals surface area contributed by atoms with Gasteiger partial charge in [0.2, 0.25) is 0 Å². The third kappa shape index (κ3) is 2.84. The number of carbonyl (C=O) groups excluding carboxylic acids is 1. The van der Waals surface area contributed by atoms with E-state index < -0.39 is 0 Å². The van der Waals surface area contributed by atoms with Crippen molar-refractivity contribution in [2.24, 2.45) is 7.05 Å². The van der Waals surface area contributed by atoms with Crippen LogP contribution in [0.1, 0.15) is 16.9 Å². The van der Waals surface area contributed by atoms with Crippen LogP contribution in [0.2, 0.25) is 0 Å². The molecule has 0 aliphatic heterocycles. The first-order valence-electron chi connectivity index (χ1n) is 5.58. The smallest absolute Gasteiger partial charge is 0.273 e. The van der Waals surface area contributed by atoms with Gasteiger partial charge < -0.3 is 11.1 Å². The first-order valence-corrected chi connectivity index (χ1v) is 5.58. The fraction of sp³-hybridized carbons (Fsp3) is 0.400. The van der Waals surface area contributed by atoms with Crippen LogP contribution in [0.25, 0.3) is 0 Å². The number of amides is 1. The molecular weight excluding hydrogens is 234 g/mol. The molecule has 8 nitrogen and oxygen atoms in total. The van der Waals surface area contributed by atoms with Crippen LogP contribution in [0.15, 0.2) is 18.6 Å². The van der Waals surface area contributed by atoms with Crippen molar-refractivity contribution >= 4 is 11.6 Å². The summed E-state index contributed by atoms with van der Waals surface area (Å²) in [6.45, 7) is 1.24. The number of hydrogen-bond acceptors (Lipinski definition) is 5. The van der Waals surface area contributed by atoms with Gasteiger partial charge in [0.1, 0.15) is 0 Å². The average Bonchev–Trinajstić information content (AvgIpc) is 2.94. The Morgan fingerprint density at radius 1 is 1.56 bits per heavy atom. The average molecular weight is 249 g/mol. The van der Waals surface area contributed by atoms with Crippen molar-refractivity contribution in [3.8, 4) is 0 Å². The standard InChI is InChI=1S/C10H15N7O/c1-16-7-8(11)9(14-16)10(18)12-3-2-5-17-6-4-13-15-17/h4,6-7H,2-3,5,11H2,1H3,(H,12,18). The van der Waals surface area contributed by atoms with E-state index in [0.717, 1.165) is 6.42 Å². The van der Waals surface area contributed by atoms with E-state index in [4.69, 9.17) is 5.73 Å². The van der Waals surface area contributed by atoms with E-state index in [0.29, 0.717) is 18.8 Å². The van der Waals surface area contributed by atoms with Gasteiger partial charge in [-0.3, -0.25) is 14.2 Å². The molecule has 96 valence electrons. The van der Waals surface area contributed by atoms with Crippen LogP contribution in [0.3, 0.4) is 0 Å². The molecule has 18 heavy (non-hydrogen) atoms. The van der Waals surface area contributed by atoms with Gasteiger partial charge in [0.15, 0.2) is 5.69 Å². The minimum Gasteiger partial charge on any atom is -0.396 e. The molecule has 0 saturated carbocycles. The molecule has 0 atom stereocenters. The van der Waals surface area contributed by atoms with Crippen molar-refractivity contribution in [2.45, 2.75) is 13.0 Å². The van der Waals surface area contributed by atoms with Crippen molar-refractivity contribution < 1.29 is 4.79 Å². The normalized spacial score (nSPS) is 10.5. The van der Waals surface area contributed by atoms with E-state index in [1.54, 1.807) is 30.3 Å². The number of carbonyl (C=O) groups is 1. The van der Waals surface area contributed by atoms with Crippen molar-refractivity contribution in [2.75, 3.05) is 12.3 Å². The highest BCUT2D eigenvalue weighted by Crippen LogP contribution is 2.07. The largest absolute Gasteiger partial charge is 0.396 e. The molecule has 0 spiro atoms. The molecule has 0 radical (unpaired) electrons. The van der Waals surface area contributed by atoms with Crippen molar-refractivity contribution in [1.29, 1.82) is 0 Å². The molecule has 2 rings (SSSR count). The summed E-state index contributed by atoms with van der Waals surface area (Å²) in [7, 11) is 1.72. The van der Waals surface area contributed by atoms with Gasteiger partial charge in [-0.2, -0.15) is 5.10 Å². The fourth-order valence-electron chi connectivity index (χ4n) is 1.56. The van der Waals surface area contributed by atoms with Crippen LogP contribution in [0.4, 0.5) is 5.69 Å².